The van der Waals surface area contributed by atoms with Crippen LogP contribution in [-0.4, -0.2) is 31.8 Å². The van der Waals surface area contributed by atoms with E-state index in [1.54, 1.807) is 12.1 Å². The molecule has 0 spiro atoms. The van der Waals surface area contributed by atoms with Crippen LogP contribution in [0.5, 0.6) is 5.75 Å². The van der Waals surface area contributed by atoms with E-state index in [0.717, 1.165) is 31.6 Å². The molecule has 1 aromatic rings. The van der Waals surface area contributed by atoms with Crippen molar-refractivity contribution in [3.8, 4) is 5.75 Å². The van der Waals surface area contributed by atoms with Crippen LogP contribution in [0.15, 0.2) is 24.3 Å². The summed E-state index contributed by atoms with van der Waals surface area (Å²) < 4.78 is 10.9. The topological polar surface area (TPSA) is 47.6 Å². The molecule has 4 heteroatoms. The maximum atomic E-state index is 11.9. The third-order valence-electron chi connectivity index (χ3n) is 3.10. The van der Waals surface area contributed by atoms with Crippen LogP contribution in [0.25, 0.3) is 0 Å². The van der Waals surface area contributed by atoms with Crippen molar-refractivity contribution in [2.45, 2.75) is 32.3 Å². The molecule has 2 rings (SSSR count). The SMILES string of the molecule is CCCOc1ccc(C(=O)NC[C@@H]2CCCO2)cc1. The van der Waals surface area contributed by atoms with Gasteiger partial charge in [-0.3, -0.25) is 4.79 Å². The lowest BCUT2D eigenvalue weighted by Crippen LogP contribution is -2.31. The van der Waals surface area contributed by atoms with Gasteiger partial charge in [0.25, 0.3) is 5.91 Å². The fourth-order valence-corrected chi connectivity index (χ4v) is 2.04. The van der Waals surface area contributed by atoms with E-state index in [9.17, 15) is 4.79 Å². The van der Waals surface area contributed by atoms with Gasteiger partial charge in [0.1, 0.15) is 5.75 Å². The zero-order valence-corrected chi connectivity index (χ0v) is 11.4. The molecule has 1 aliphatic rings. The second-order valence-electron chi connectivity index (χ2n) is 4.72. The number of ether oxygens (including phenoxy) is 2. The Morgan fingerprint density at radius 3 is 2.84 bits per heavy atom. The lowest BCUT2D eigenvalue weighted by Gasteiger charge is -2.11. The molecule has 1 atom stereocenters. The van der Waals surface area contributed by atoms with Crippen LogP contribution in [0, 0.1) is 0 Å². The number of amides is 1. The molecule has 0 aliphatic carbocycles. The van der Waals surface area contributed by atoms with Crippen LogP contribution in [0.1, 0.15) is 36.5 Å². The highest BCUT2D eigenvalue weighted by Crippen LogP contribution is 2.13. The predicted octanol–water partition coefficient (Wildman–Crippen LogP) is 2.38. The predicted molar refractivity (Wildman–Crippen MR) is 73.5 cm³/mol. The average Bonchev–Trinajstić information content (AvgIpc) is 2.96. The van der Waals surface area contributed by atoms with Gasteiger partial charge in [0.05, 0.1) is 12.7 Å². The van der Waals surface area contributed by atoms with Crippen molar-refractivity contribution in [2.75, 3.05) is 19.8 Å². The molecule has 4 nitrogen and oxygen atoms in total. The summed E-state index contributed by atoms with van der Waals surface area (Å²) in [6.45, 7) is 4.16. The molecule has 1 heterocycles. The minimum atomic E-state index is -0.0578. The lowest BCUT2D eigenvalue weighted by molar-refractivity contribution is 0.0857. The fourth-order valence-electron chi connectivity index (χ4n) is 2.04. The lowest BCUT2D eigenvalue weighted by atomic mass is 10.2. The van der Waals surface area contributed by atoms with Crippen molar-refractivity contribution in [1.82, 2.24) is 5.32 Å². The number of nitrogens with one attached hydrogen (secondary N) is 1. The van der Waals surface area contributed by atoms with Gasteiger partial charge in [-0.15, -0.1) is 0 Å². The first-order chi connectivity index (χ1) is 9.29. The number of carbonyl (C=O) groups excluding carboxylic acids is 1. The summed E-state index contributed by atoms with van der Waals surface area (Å²) in [4.78, 5) is 11.9. The smallest absolute Gasteiger partial charge is 0.251 e. The van der Waals surface area contributed by atoms with Gasteiger partial charge in [-0.25, -0.2) is 0 Å². The Hall–Kier alpha value is -1.55. The first-order valence-electron chi connectivity index (χ1n) is 6.92. The molecule has 1 aromatic carbocycles. The van der Waals surface area contributed by atoms with Gasteiger partial charge in [0.15, 0.2) is 0 Å². The van der Waals surface area contributed by atoms with Gasteiger partial charge in [0, 0.05) is 18.7 Å². The first-order valence-corrected chi connectivity index (χ1v) is 6.92. The van der Waals surface area contributed by atoms with E-state index >= 15 is 0 Å². The molecule has 1 fully saturated rings. The maximum Gasteiger partial charge on any atom is 0.251 e. The number of hydrogen-bond acceptors (Lipinski definition) is 3. The van der Waals surface area contributed by atoms with E-state index in [4.69, 9.17) is 9.47 Å². The largest absolute Gasteiger partial charge is 0.494 e. The van der Waals surface area contributed by atoms with E-state index < -0.39 is 0 Å². The third kappa shape index (κ3) is 4.24. The maximum absolute atomic E-state index is 11.9. The second kappa shape index (κ2) is 7.14. The van der Waals surface area contributed by atoms with Gasteiger partial charge < -0.3 is 14.8 Å². The van der Waals surface area contributed by atoms with E-state index in [1.807, 2.05) is 12.1 Å². The van der Waals surface area contributed by atoms with Crippen molar-refractivity contribution in [2.24, 2.45) is 0 Å². The number of benzene rings is 1. The van der Waals surface area contributed by atoms with Crippen molar-refractivity contribution < 1.29 is 14.3 Å². The van der Waals surface area contributed by atoms with Crippen molar-refractivity contribution >= 4 is 5.91 Å². The first kappa shape index (κ1) is 13.9. The van der Waals surface area contributed by atoms with Crippen LogP contribution in [0.2, 0.25) is 0 Å². The Labute approximate surface area is 114 Å². The van der Waals surface area contributed by atoms with E-state index in [2.05, 4.69) is 12.2 Å². The van der Waals surface area contributed by atoms with Crippen molar-refractivity contribution in [3.63, 3.8) is 0 Å². The van der Waals surface area contributed by atoms with E-state index in [-0.39, 0.29) is 12.0 Å². The highest BCUT2D eigenvalue weighted by molar-refractivity contribution is 5.94. The summed E-state index contributed by atoms with van der Waals surface area (Å²) >= 11 is 0. The van der Waals surface area contributed by atoms with Gasteiger partial charge >= 0.3 is 0 Å². The summed E-state index contributed by atoms with van der Waals surface area (Å²) in [5.74, 6) is 0.745. The summed E-state index contributed by atoms with van der Waals surface area (Å²) in [6.07, 6.45) is 3.27. The highest BCUT2D eigenvalue weighted by atomic mass is 16.5. The highest BCUT2D eigenvalue weighted by Gasteiger charge is 2.16. The second-order valence-corrected chi connectivity index (χ2v) is 4.72. The zero-order valence-electron chi connectivity index (χ0n) is 11.4. The standard InChI is InChI=1S/C15H21NO3/c1-2-9-18-13-7-5-12(6-8-13)15(17)16-11-14-4-3-10-19-14/h5-8,14H,2-4,9-11H2,1H3,(H,16,17)/t14-/m0/s1. The normalized spacial score (nSPS) is 18.3. The molecule has 19 heavy (non-hydrogen) atoms. The molecule has 104 valence electrons. The number of hydrogen-bond donors (Lipinski definition) is 1. The molecule has 0 aromatic heterocycles. The molecule has 0 radical (unpaired) electrons. The van der Waals surface area contributed by atoms with E-state index in [0.29, 0.717) is 18.7 Å². The monoisotopic (exact) mass is 263 g/mol. The molecule has 1 N–H and O–H groups in total. The van der Waals surface area contributed by atoms with Crippen LogP contribution < -0.4 is 10.1 Å². The molecule has 1 aliphatic heterocycles. The fraction of sp³-hybridized carbons (Fsp3) is 0.533. The summed E-state index contributed by atoms with van der Waals surface area (Å²) in [5, 5.41) is 2.90. The zero-order chi connectivity index (χ0) is 13.5. The Morgan fingerprint density at radius 1 is 1.42 bits per heavy atom. The Bertz CT molecular complexity index is 396. The van der Waals surface area contributed by atoms with Gasteiger partial charge in [-0.2, -0.15) is 0 Å². The quantitative estimate of drug-likeness (QED) is 0.857. The molecule has 1 amide bonds. The average molecular weight is 263 g/mol. The molecule has 0 saturated carbocycles. The Morgan fingerprint density at radius 2 is 2.21 bits per heavy atom. The number of carbonyl (C=O) groups is 1. The van der Waals surface area contributed by atoms with Crippen molar-refractivity contribution in [1.29, 1.82) is 0 Å². The van der Waals surface area contributed by atoms with Gasteiger partial charge in [-0.1, -0.05) is 6.92 Å². The van der Waals surface area contributed by atoms with Gasteiger partial charge in [-0.05, 0) is 43.5 Å². The van der Waals surface area contributed by atoms with Crippen molar-refractivity contribution in [3.05, 3.63) is 29.8 Å². The molecule has 0 bridgehead atoms. The minimum absolute atomic E-state index is 0.0578. The minimum Gasteiger partial charge on any atom is -0.494 e. The van der Waals surface area contributed by atoms with Crippen LogP contribution in [-0.2, 0) is 4.74 Å². The Balaban J connectivity index is 1.81. The summed E-state index contributed by atoms with van der Waals surface area (Å²) in [7, 11) is 0. The summed E-state index contributed by atoms with van der Waals surface area (Å²) in [5.41, 5.74) is 0.654. The summed E-state index contributed by atoms with van der Waals surface area (Å²) in [6, 6.07) is 7.24. The third-order valence-corrected chi connectivity index (χ3v) is 3.10. The van der Waals surface area contributed by atoms with Crippen LogP contribution in [0.3, 0.4) is 0 Å². The molecule has 1 saturated heterocycles. The molecular weight excluding hydrogens is 242 g/mol. The molecular formula is C15H21NO3. The van der Waals surface area contributed by atoms with E-state index in [1.165, 1.54) is 0 Å². The Kier molecular flexibility index (Phi) is 5.21. The van der Waals surface area contributed by atoms with Crippen LogP contribution in [0.4, 0.5) is 0 Å². The van der Waals surface area contributed by atoms with Crippen LogP contribution >= 0.6 is 0 Å². The van der Waals surface area contributed by atoms with Gasteiger partial charge in [0.2, 0.25) is 0 Å². The number of rotatable bonds is 6. The molecule has 0 unspecified atom stereocenters.